The number of anilines is 2. The maximum absolute atomic E-state index is 11.2. The first-order chi connectivity index (χ1) is 9.56. The van der Waals surface area contributed by atoms with E-state index in [1.165, 1.54) is 6.07 Å². The summed E-state index contributed by atoms with van der Waals surface area (Å²) in [5.41, 5.74) is 0.0385. The van der Waals surface area contributed by atoms with Crippen molar-refractivity contribution in [2.75, 3.05) is 30.4 Å². The molecule has 1 aliphatic heterocycles. The zero-order chi connectivity index (χ0) is 14.7. The molecule has 1 aliphatic rings. The van der Waals surface area contributed by atoms with Gasteiger partial charge in [0, 0.05) is 19.7 Å². The van der Waals surface area contributed by atoms with E-state index in [2.05, 4.69) is 10.3 Å². The number of nitrogens with zero attached hydrogens (tertiary/aromatic N) is 3. The quantitative estimate of drug-likeness (QED) is 0.671. The van der Waals surface area contributed by atoms with Crippen LogP contribution in [0.3, 0.4) is 0 Å². The molecule has 0 saturated carbocycles. The van der Waals surface area contributed by atoms with Gasteiger partial charge in [0.15, 0.2) is 0 Å². The number of pyridine rings is 1. The van der Waals surface area contributed by atoms with Gasteiger partial charge >= 0.3 is 5.69 Å². The van der Waals surface area contributed by atoms with E-state index in [1.807, 2.05) is 18.7 Å². The maximum Gasteiger partial charge on any atom is 0.311 e. The Morgan fingerprint density at radius 1 is 1.60 bits per heavy atom. The molecular formula is C13H20N4O3. The van der Waals surface area contributed by atoms with Gasteiger partial charge in [0.1, 0.15) is 5.82 Å². The van der Waals surface area contributed by atoms with Crippen molar-refractivity contribution < 1.29 is 9.66 Å². The largest absolute Gasteiger partial charge is 0.375 e. The van der Waals surface area contributed by atoms with Crippen molar-refractivity contribution in [2.45, 2.75) is 32.4 Å². The van der Waals surface area contributed by atoms with Gasteiger partial charge in [0.05, 0.1) is 23.7 Å². The van der Waals surface area contributed by atoms with Crippen LogP contribution in [0.15, 0.2) is 12.1 Å². The lowest BCUT2D eigenvalue weighted by atomic mass is 10.1. The molecule has 2 atom stereocenters. The number of aromatic nitrogens is 1. The summed E-state index contributed by atoms with van der Waals surface area (Å²) in [6, 6.07) is 3.23. The molecule has 1 saturated heterocycles. The fourth-order valence-electron chi connectivity index (χ4n) is 2.38. The highest BCUT2D eigenvalue weighted by Gasteiger charge is 2.31. The first-order valence-electron chi connectivity index (χ1n) is 6.78. The Labute approximate surface area is 118 Å². The summed E-state index contributed by atoms with van der Waals surface area (Å²) < 4.78 is 5.64. The van der Waals surface area contributed by atoms with E-state index in [0.717, 1.165) is 6.42 Å². The molecule has 1 N–H and O–H groups in total. The number of nitrogens with one attached hydrogen (secondary N) is 1. The van der Waals surface area contributed by atoms with Gasteiger partial charge < -0.3 is 15.0 Å². The average Bonchev–Trinajstić information content (AvgIpc) is 2.46. The highest BCUT2D eigenvalue weighted by atomic mass is 16.6. The Bertz CT molecular complexity index is 495. The standard InChI is InChI=1S/C13H20N4O3/c1-4-10-8-20-9(2)7-16(10)13-11(17(18)19)5-6-12(14-3)15-13/h5-6,9-10H,4,7-8H2,1-3H3,(H,14,15). The summed E-state index contributed by atoms with van der Waals surface area (Å²) in [5.74, 6) is 1.04. The van der Waals surface area contributed by atoms with E-state index in [-0.39, 0.29) is 22.8 Å². The highest BCUT2D eigenvalue weighted by molar-refractivity contribution is 5.62. The van der Waals surface area contributed by atoms with Crippen LogP contribution in [0, 0.1) is 10.1 Å². The van der Waals surface area contributed by atoms with Gasteiger partial charge in [-0.1, -0.05) is 6.92 Å². The predicted molar refractivity (Wildman–Crippen MR) is 77.3 cm³/mol. The third kappa shape index (κ3) is 2.82. The minimum absolute atomic E-state index is 0.0385. The maximum atomic E-state index is 11.2. The summed E-state index contributed by atoms with van der Waals surface area (Å²) in [5, 5.41) is 14.2. The molecule has 2 heterocycles. The summed E-state index contributed by atoms with van der Waals surface area (Å²) in [4.78, 5) is 17.2. The smallest absolute Gasteiger partial charge is 0.311 e. The number of ether oxygens (including phenoxy) is 1. The SMILES string of the molecule is CCC1COC(C)CN1c1nc(NC)ccc1[N+](=O)[O-]. The summed E-state index contributed by atoms with van der Waals surface area (Å²) >= 11 is 0. The molecule has 7 nitrogen and oxygen atoms in total. The van der Waals surface area contributed by atoms with Crippen molar-refractivity contribution >= 4 is 17.3 Å². The van der Waals surface area contributed by atoms with Gasteiger partial charge in [0.2, 0.25) is 5.82 Å². The number of nitro groups is 1. The molecule has 2 rings (SSSR count). The Morgan fingerprint density at radius 2 is 2.35 bits per heavy atom. The topological polar surface area (TPSA) is 80.5 Å². The van der Waals surface area contributed by atoms with Crippen molar-refractivity contribution in [2.24, 2.45) is 0 Å². The van der Waals surface area contributed by atoms with E-state index < -0.39 is 0 Å². The van der Waals surface area contributed by atoms with Gasteiger partial charge in [-0.25, -0.2) is 4.98 Å². The Kier molecular flexibility index (Phi) is 4.39. The summed E-state index contributed by atoms with van der Waals surface area (Å²) in [6.07, 6.45) is 0.896. The molecule has 0 amide bonds. The molecule has 1 fully saturated rings. The van der Waals surface area contributed by atoms with Gasteiger partial charge in [-0.3, -0.25) is 10.1 Å². The van der Waals surface area contributed by atoms with Crippen LogP contribution in [-0.2, 0) is 4.74 Å². The van der Waals surface area contributed by atoms with E-state index in [9.17, 15) is 10.1 Å². The normalized spacial score (nSPS) is 22.6. The van der Waals surface area contributed by atoms with E-state index in [1.54, 1.807) is 13.1 Å². The van der Waals surface area contributed by atoms with Crippen LogP contribution in [0.4, 0.5) is 17.3 Å². The highest BCUT2D eigenvalue weighted by Crippen LogP contribution is 2.31. The van der Waals surface area contributed by atoms with Crippen LogP contribution in [0.2, 0.25) is 0 Å². The molecule has 20 heavy (non-hydrogen) atoms. The molecule has 0 spiro atoms. The fraction of sp³-hybridized carbons (Fsp3) is 0.615. The Balaban J connectivity index is 2.44. The molecule has 0 aromatic carbocycles. The minimum atomic E-state index is -0.380. The Morgan fingerprint density at radius 3 is 2.95 bits per heavy atom. The second kappa shape index (κ2) is 6.04. The second-order valence-corrected chi connectivity index (χ2v) is 4.90. The predicted octanol–water partition coefficient (Wildman–Crippen LogP) is 2.04. The van der Waals surface area contributed by atoms with Gasteiger partial charge in [-0.2, -0.15) is 0 Å². The number of hydrogen-bond acceptors (Lipinski definition) is 6. The van der Waals surface area contributed by atoms with Crippen molar-refractivity contribution in [3.8, 4) is 0 Å². The van der Waals surface area contributed by atoms with Crippen LogP contribution < -0.4 is 10.2 Å². The van der Waals surface area contributed by atoms with E-state index >= 15 is 0 Å². The molecule has 0 aliphatic carbocycles. The van der Waals surface area contributed by atoms with Crippen LogP contribution in [0.1, 0.15) is 20.3 Å². The zero-order valence-electron chi connectivity index (χ0n) is 12.0. The first-order valence-corrected chi connectivity index (χ1v) is 6.78. The lowest BCUT2D eigenvalue weighted by Gasteiger charge is -2.38. The average molecular weight is 280 g/mol. The molecule has 1 aromatic rings. The summed E-state index contributed by atoms with van der Waals surface area (Å²) in [6.45, 7) is 5.19. The van der Waals surface area contributed by atoms with Crippen LogP contribution in [0.5, 0.6) is 0 Å². The second-order valence-electron chi connectivity index (χ2n) is 4.90. The molecule has 0 radical (unpaired) electrons. The number of rotatable bonds is 4. The molecule has 2 unspecified atom stereocenters. The Hall–Kier alpha value is -1.89. The van der Waals surface area contributed by atoms with Gasteiger partial charge in [-0.05, 0) is 19.4 Å². The lowest BCUT2D eigenvalue weighted by Crippen LogP contribution is -2.49. The molecule has 110 valence electrons. The van der Waals surface area contributed by atoms with Crippen LogP contribution in [0.25, 0.3) is 0 Å². The molecule has 1 aromatic heterocycles. The third-order valence-corrected chi connectivity index (χ3v) is 3.52. The third-order valence-electron chi connectivity index (χ3n) is 3.52. The monoisotopic (exact) mass is 280 g/mol. The number of hydrogen-bond donors (Lipinski definition) is 1. The van der Waals surface area contributed by atoms with E-state index in [4.69, 9.17) is 4.74 Å². The van der Waals surface area contributed by atoms with Crippen molar-refractivity contribution in [1.82, 2.24) is 4.98 Å². The van der Waals surface area contributed by atoms with Crippen molar-refractivity contribution in [3.63, 3.8) is 0 Å². The van der Waals surface area contributed by atoms with Crippen molar-refractivity contribution in [3.05, 3.63) is 22.2 Å². The number of morpholine rings is 1. The molecular weight excluding hydrogens is 260 g/mol. The van der Waals surface area contributed by atoms with Crippen LogP contribution >= 0.6 is 0 Å². The van der Waals surface area contributed by atoms with Crippen molar-refractivity contribution in [1.29, 1.82) is 0 Å². The van der Waals surface area contributed by atoms with Gasteiger partial charge in [0.25, 0.3) is 0 Å². The summed E-state index contributed by atoms with van der Waals surface area (Å²) in [7, 11) is 1.75. The lowest BCUT2D eigenvalue weighted by molar-refractivity contribution is -0.384. The molecule has 0 bridgehead atoms. The van der Waals surface area contributed by atoms with Crippen LogP contribution in [-0.4, -0.2) is 42.3 Å². The minimum Gasteiger partial charge on any atom is -0.375 e. The first kappa shape index (κ1) is 14.5. The van der Waals surface area contributed by atoms with E-state index in [0.29, 0.717) is 24.8 Å². The fourth-order valence-corrected chi connectivity index (χ4v) is 2.38. The molecule has 7 heteroatoms. The zero-order valence-corrected chi connectivity index (χ0v) is 12.0. The van der Waals surface area contributed by atoms with Gasteiger partial charge in [-0.15, -0.1) is 0 Å².